The third-order valence-electron chi connectivity index (χ3n) is 2.95. The highest BCUT2D eigenvalue weighted by Crippen LogP contribution is 2.26. The lowest BCUT2D eigenvalue weighted by atomic mass is 10.0. The van der Waals surface area contributed by atoms with Gasteiger partial charge in [0.25, 0.3) is 0 Å². The molecule has 2 N–H and O–H groups in total. The Morgan fingerprint density at radius 3 is 2.75 bits per heavy atom. The van der Waals surface area contributed by atoms with Gasteiger partial charge in [0, 0.05) is 12.7 Å². The molecular formula is C16H18N4O2S2. The zero-order chi connectivity index (χ0) is 17.4. The quantitative estimate of drug-likeness (QED) is 0.428. The predicted octanol–water partition coefficient (Wildman–Crippen LogP) is 3.02. The van der Waals surface area contributed by atoms with Gasteiger partial charge >= 0.3 is 0 Å². The van der Waals surface area contributed by atoms with Gasteiger partial charge in [-0.3, -0.25) is 9.59 Å². The van der Waals surface area contributed by atoms with E-state index in [0.29, 0.717) is 5.13 Å². The van der Waals surface area contributed by atoms with Crippen molar-refractivity contribution in [1.82, 2.24) is 15.5 Å². The summed E-state index contributed by atoms with van der Waals surface area (Å²) in [4.78, 5) is 23.7. The van der Waals surface area contributed by atoms with E-state index in [0.717, 1.165) is 15.7 Å². The largest absolute Gasteiger partial charge is 0.349 e. The van der Waals surface area contributed by atoms with Crippen molar-refractivity contribution >= 4 is 40.0 Å². The van der Waals surface area contributed by atoms with Gasteiger partial charge in [-0.05, 0) is 5.56 Å². The first-order valence-electron chi connectivity index (χ1n) is 7.27. The molecule has 0 aliphatic heterocycles. The van der Waals surface area contributed by atoms with Crippen LogP contribution in [0, 0.1) is 0 Å². The SMILES string of the molecule is C=CCSc1nnc(NC(=O)CC(NC(C)=O)c2ccccc2)s1. The standard InChI is InChI=1S/C16H18N4O2S2/c1-3-9-23-16-20-19-15(24-16)18-14(22)10-13(17-11(2)21)12-7-5-4-6-8-12/h3-8,13H,1,9-10H2,2H3,(H,17,21)(H,18,19,22). The lowest BCUT2D eigenvalue weighted by Gasteiger charge is -2.17. The van der Waals surface area contributed by atoms with Crippen LogP contribution in [0.3, 0.4) is 0 Å². The minimum absolute atomic E-state index is 0.123. The number of anilines is 1. The molecule has 0 spiro atoms. The van der Waals surface area contributed by atoms with E-state index in [1.165, 1.54) is 30.0 Å². The zero-order valence-corrected chi connectivity index (χ0v) is 14.8. The van der Waals surface area contributed by atoms with Gasteiger partial charge in [0.2, 0.25) is 16.9 Å². The summed E-state index contributed by atoms with van der Waals surface area (Å²) in [5.74, 6) is 0.325. The van der Waals surface area contributed by atoms with Crippen molar-refractivity contribution < 1.29 is 9.59 Å². The van der Waals surface area contributed by atoms with Crippen molar-refractivity contribution in [2.45, 2.75) is 23.7 Å². The fourth-order valence-electron chi connectivity index (χ4n) is 1.99. The molecule has 24 heavy (non-hydrogen) atoms. The number of hydrogen-bond donors (Lipinski definition) is 2. The molecule has 1 aromatic heterocycles. The molecule has 0 saturated carbocycles. The second-order valence-corrected chi connectivity index (χ2v) is 7.13. The Bertz CT molecular complexity index is 703. The average molecular weight is 362 g/mol. The molecule has 1 atom stereocenters. The maximum atomic E-state index is 12.3. The summed E-state index contributed by atoms with van der Waals surface area (Å²) in [6.07, 6.45) is 1.90. The molecule has 2 amide bonds. The van der Waals surface area contributed by atoms with E-state index in [9.17, 15) is 9.59 Å². The molecule has 126 valence electrons. The first-order valence-corrected chi connectivity index (χ1v) is 9.07. The van der Waals surface area contributed by atoms with Crippen LogP contribution in [0.5, 0.6) is 0 Å². The third-order valence-corrected chi connectivity index (χ3v) is 4.91. The summed E-state index contributed by atoms with van der Waals surface area (Å²) in [6, 6.07) is 9.00. The van der Waals surface area contributed by atoms with Crippen molar-refractivity contribution in [3.8, 4) is 0 Å². The number of hydrogen-bond acceptors (Lipinski definition) is 6. The van der Waals surface area contributed by atoms with E-state index in [4.69, 9.17) is 0 Å². The Kier molecular flexibility index (Phi) is 6.95. The number of aromatic nitrogens is 2. The monoisotopic (exact) mass is 362 g/mol. The number of carbonyl (C=O) groups is 2. The van der Waals surface area contributed by atoms with Crippen molar-refractivity contribution in [2.75, 3.05) is 11.1 Å². The predicted molar refractivity (Wildman–Crippen MR) is 97.1 cm³/mol. The fourth-order valence-corrected chi connectivity index (χ4v) is 3.52. The van der Waals surface area contributed by atoms with Crippen LogP contribution in [0.2, 0.25) is 0 Å². The molecular weight excluding hydrogens is 344 g/mol. The van der Waals surface area contributed by atoms with Gasteiger partial charge in [0.15, 0.2) is 4.34 Å². The van der Waals surface area contributed by atoms with E-state index < -0.39 is 0 Å². The van der Waals surface area contributed by atoms with Crippen LogP contribution in [-0.2, 0) is 9.59 Å². The summed E-state index contributed by atoms with van der Waals surface area (Å²) in [5, 5.41) is 13.9. The fraction of sp³-hybridized carbons (Fsp3) is 0.250. The molecule has 1 unspecified atom stereocenters. The van der Waals surface area contributed by atoms with Crippen LogP contribution in [0.1, 0.15) is 24.9 Å². The van der Waals surface area contributed by atoms with Gasteiger partial charge in [-0.15, -0.1) is 16.8 Å². The topological polar surface area (TPSA) is 84.0 Å². The number of nitrogens with zero attached hydrogens (tertiary/aromatic N) is 2. The van der Waals surface area contributed by atoms with Crippen LogP contribution in [0.15, 0.2) is 47.3 Å². The van der Waals surface area contributed by atoms with Crippen LogP contribution in [0.4, 0.5) is 5.13 Å². The van der Waals surface area contributed by atoms with Crippen LogP contribution in [-0.4, -0.2) is 27.8 Å². The third kappa shape index (κ3) is 5.78. The molecule has 0 saturated heterocycles. The summed E-state index contributed by atoms with van der Waals surface area (Å²) < 4.78 is 0.770. The number of amides is 2. The number of benzene rings is 1. The van der Waals surface area contributed by atoms with E-state index in [-0.39, 0.29) is 24.3 Å². The summed E-state index contributed by atoms with van der Waals surface area (Å²) in [6.45, 7) is 5.08. The summed E-state index contributed by atoms with van der Waals surface area (Å²) in [7, 11) is 0. The first kappa shape index (κ1) is 18.2. The Hall–Kier alpha value is -2.19. The molecule has 2 rings (SSSR count). The smallest absolute Gasteiger partial charge is 0.228 e. The summed E-state index contributed by atoms with van der Waals surface area (Å²) >= 11 is 2.82. The Morgan fingerprint density at radius 1 is 1.33 bits per heavy atom. The van der Waals surface area contributed by atoms with Gasteiger partial charge in [0.1, 0.15) is 0 Å². The van der Waals surface area contributed by atoms with Gasteiger partial charge in [0.05, 0.1) is 12.5 Å². The molecule has 2 aromatic rings. The van der Waals surface area contributed by atoms with Crippen LogP contribution in [0.25, 0.3) is 0 Å². The molecule has 8 heteroatoms. The van der Waals surface area contributed by atoms with Gasteiger partial charge in [-0.25, -0.2) is 0 Å². The minimum atomic E-state index is -0.383. The van der Waals surface area contributed by atoms with Crippen molar-refractivity contribution in [1.29, 1.82) is 0 Å². The lowest BCUT2D eigenvalue weighted by Crippen LogP contribution is -2.29. The van der Waals surface area contributed by atoms with Gasteiger partial charge in [-0.1, -0.05) is 59.5 Å². The Morgan fingerprint density at radius 2 is 2.08 bits per heavy atom. The van der Waals surface area contributed by atoms with E-state index in [1.807, 2.05) is 30.3 Å². The number of rotatable bonds is 8. The molecule has 1 heterocycles. The zero-order valence-electron chi connectivity index (χ0n) is 13.2. The maximum absolute atomic E-state index is 12.3. The van der Waals surface area contributed by atoms with Crippen molar-refractivity contribution in [2.24, 2.45) is 0 Å². The Labute approximate surface area is 148 Å². The first-order chi connectivity index (χ1) is 11.6. The molecule has 0 aliphatic carbocycles. The molecule has 1 aromatic carbocycles. The van der Waals surface area contributed by atoms with Gasteiger partial charge in [-0.2, -0.15) is 0 Å². The highest BCUT2D eigenvalue weighted by atomic mass is 32.2. The number of carbonyl (C=O) groups excluding carboxylic acids is 2. The minimum Gasteiger partial charge on any atom is -0.349 e. The Balaban J connectivity index is 1.98. The molecule has 0 bridgehead atoms. The maximum Gasteiger partial charge on any atom is 0.228 e. The van der Waals surface area contributed by atoms with Crippen LogP contribution >= 0.6 is 23.1 Å². The second-order valence-electron chi connectivity index (χ2n) is 4.89. The van der Waals surface area contributed by atoms with E-state index >= 15 is 0 Å². The van der Waals surface area contributed by atoms with E-state index in [2.05, 4.69) is 27.4 Å². The van der Waals surface area contributed by atoms with Crippen molar-refractivity contribution in [3.63, 3.8) is 0 Å². The highest BCUT2D eigenvalue weighted by Gasteiger charge is 2.18. The normalized spacial score (nSPS) is 11.5. The van der Waals surface area contributed by atoms with Gasteiger partial charge < -0.3 is 10.6 Å². The lowest BCUT2D eigenvalue weighted by molar-refractivity contribution is -0.120. The number of thioether (sulfide) groups is 1. The molecule has 0 fully saturated rings. The van der Waals surface area contributed by atoms with Crippen molar-refractivity contribution in [3.05, 3.63) is 48.6 Å². The average Bonchev–Trinajstić information content (AvgIpc) is 3.00. The van der Waals surface area contributed by atoms with Crippen LogP contribution < -0.4 is 10.6 Å². The molecule has 0 aliphatic rings. The molecule has 6 nitrogen and oxygen atoms in total. The second kappa shape index (κ2) is 9.19. The highest BCUT2D eigenvalue weighted by molar-refractivity contribution is 8.01. The summed E-state index contributed by atoms with van der Waals surface area (Å²) in [5.41, 5.74) is 0.877. The van der Waals surface area contributed by atoms with E-state index in [1.54, 1.807) is 6.08 Å². The number of nitrogens with one attached hydrogen (secondary N) is 2. The molecule has 0 radical (unpaired) electrons.